The standard InChI is InChI=1S/C47H65N9O.C5H7NO2.2C2H6/c1-33(27-34(2)43(15-20-49-5)42-12-14-46(48)50-29-42)36(4)54-23-18-40(19-24-54)39-8-10-41(11-9-39)47(57)55-21-16-37(17-22-55)32-56-26-25-53(30-35(56)3)31-38-7-13-44-45(28-38)52(6)51-44;7-4-2-1-3-5(8)6-4;2*1-2/h7-8,10,12-15,20,27-29,35-37,40,51H,2,9,11,16-19,21-26,30-32H2,1,3-6H3,(H2,48,50);1-3H2,(H,6,7,8);2*1-2H3/b33-27+,43-15+,49-20?;;;. The number of aliphatic imine (C=N–C) groups is 1. The van der Waals surface area contributed by atoms with Gasteiger partial charge in [0.1, 0.15) is 5.82 Å². The van der Waals surface area contributed by atoms with E-state index in [9.17, 15) is 14.4 Å². The molecule has 2 atom stereocenters. The number of carbonyl (C=O) groups excluding carboxylic acids is 3. The summed E-state index contributed by atoms with van der Waals surface area (Å²) in [7, 11) is 3.84. The molecule has 1 aliphatic carbocycles. The number of piperazine rings is 1. The van der Waals surface area contributed by atoms with Gasteiger partial charge in [0, 0.05) is 108 Å². The number of hydrogen-bond donors (Lipinski definition) is 3. The smallest absolute Gasteiger partial charge is 0.249 e. The van der Waals surface area contributed by atoms with Crippen molar-refractivity contribution < 1.29 is 14.4 Å². The van der Waals surface area contributed by atoms with Crippen molar-refractivity contribution in [3.63, 3.8) is 0 Å². The van der Waals surface area contributed by atoms with Gasteiger partial charge in [0.2, 0.25) is 17.7 Å². The van der Waals surface area contributed by atoms with Gasteiger partial charge in [-0.05, 0) is 138 Å². The van der Waals surface area contributed by atoms with E-state index in [2.05, 4.69) is 115 Å². The molecule has 0 bridgehead atoms. The number of allylic oxidation sites excluding steroid dienone is 7. The molecule has 376 valence electrons. The van der Waals surface area contributed by atoms with E-state index in [1.807, 2.05) is 45.9 Å². The maximum atomic E-state index is 13.6. The molecule has 4 saturated heterocycles. The first-order valence-corrected chi connectivity index (χ1v) is 25.9. The Bertz CT molecular complexity index is 2300. The summed E-state index contributed by atoms with van der Waals surface area (Å²) in [5, 5.41) is 5.50. The number of amides is 3. The Morgan fingerprint density at radius 3 is 2.23 bits per heavy atom. The molecule has 0 spiro atoms. The fourth-order valence-corrected chi connectivity index (χ4v) is 10.2. The SMILES string of the molecule is C=C(/C=C(\C)C(C)N1CCC(C2=CC=C(C(=O)N3CCC(CN4CCN(Cc5ccc6[nH]n(C)c6c5)CC4C)CC3)CC2)CC1)/C(=C\C=NC)c1ccc(N)nc1.CC.CC.O=C1CCCC(=O)N1. The molecule has 13 heteroatoms. The van der Waals surface area contributed by atoms with Gasteiger partial charge in [0.15, 0.2) is 0 Å². The molecule has 2 unspecified atom stereocenters. The summed E-state index contributed by atoms with van der Waals surface area (Å²) in [5.41, 5.74) is 16.5. The number of aromatic nitrogens is 3. The molecule has 1 aromatic carbocycles. The molecule has 4 aliphatic heterocycles. The van der Waals surface area contributed by atoms with Gasteiger partial charge >= 0.3 is 0 Å². The maximum absolute atomic E-state index is 13.6. The van der Waals surface area contributed by atoms with Crippen LogP contribution in [0, 0.1) is 11.8 Å². The van der Waals surface area contributed by atoms with Crippen LogP contribution < -0.4 is 11.1 Å². The van der Waals surface area contributed by atoms with Crippen LogP contribution in [0.5, 0.6) is 0 Å². The zero-order valence-electron chi connectivity index (χ0n) is 43.5. The van der Waals surface area contributed by atoms with Crippen LogP contribution in [0.3, 0.4) is 0 Å². The number of imide groups is 1. The fraction of sp³-hybridized carbons (Fsp3) is 0.554. The summed E-state index contributed by atoms with van der Waals surface area (Å²) in [6.07, 6.45) is 20.4. The van der Waals surface area contributed by atoms with Crippen molar-refractivity contribution >= 4 is 46.4 Å². The van der Waals surface area contributed by atoms with Crippen LogP contribution in [0.25, 0.3) is 16.6 Å². The highest BCUT2D eigenvalue weighted by Crippen LogP contribution is 2.34. The largest absolute Gasteiger partial charge is 0.384 e. The Balaban J connectivity index is 0.000000658. The number of fused-ring (bicyclic) bond motifs is 1. The number of benzene rings is 1. The Hall–Kier alpha value is -5.37. The quantitative estimate of drug-likeness (QED) is 0.0926. The predicted molar refractivity (Wildman–Crippen MR) is 286 cm³/mol. The number of nitrogens with zero attached hydrogens (tertiary/aromatic N) is 7. The van der Waals surface area contributed by atoms with E-state index in [-0.39, 0.29) is 17.7 Å². The summed E-state index contributed by atoms with van der Waals surface area (Å²) in [5.74, 6) is 1.75. The number of carbonyl (C=O) groups is 3. The van der Waals surface area contributed by atoms with Gasteiger partial charge in [0.05, 0.1) is 11.0 Å². The molecule has 2 aromatic heterocycles. The number of nitrogens with two attached hydrogens (primary N) is 1. The maximum Gasteiger partial charge on any atom is 0.249 e. The lowest BCUT2D eigenvalue weighted by Crippen LogP contribution is -2.53. The highest BCUT2D eigenvalue weighted by atomic mass is 16.2. The topological polar surface area (TPSA) is 148 Å². The fourth-order valence-electron chi connectivity index (χ4n) is 10.2. The van der Waals surface area contributed by atoms with E-state index in [1.165, 1.54) is 27.7 Å². The van der Waals surface area contributed by atoms with Gasteiger partial charge in [0.25, 0.3) is 0 Å². The number of rotatable bonds is 12. The average molecular weight is 945 g/mol. The number of H-pyrrole nitrogens is 1. The van der Waals surface area contributed by atoms with Gasteiger partial charge in [-0.15, -0.1) is 0 Å². The van der Waals surface area contributed by atoms with Gasteiger partial charge < -0.3 is 10.6 Å². The highest BCUT2D eigenvalue weighted by molar-refractivity contribution is 5.97. The second kappa shape index (κ2) is 27.1. The van der Waals surface area contributed by atoms with E-state index in [0.29, 0.717) is 49.0 Å². The van der Waals surface area contributed by atoms with Crippen molar-refractivity contribution in [3.05, 3.63) is 101 Å². The molecule has 5 aliphatic rings. The third kappa shape index (κ3) is 15.3. The predicted octanol–water partition coefficient (Wildman–Crippen LogP) is 9.13. The normalized spacial score (nSPS) is 21.0. The number of aromatic amines is 1. The molecule has 6 heterocycles. The number of piperidine rings is 3. The van der Waals surface area contributed by atoms with E-state index in [1.54, 1.807) is 19.5 Å². The Labute approximate surface area is 413 Å². The van der Waals surface area contributed by atoms with Crippen LogP contribution >= 0.6 is 0 Å². The zero-order valence-corrected chi connectivity index (χ0v) is 43.5. The molecular formula is C56H84N10O3. The molecule has 4 fully saturated rings. The minimum absolute atomic E-state index is 0.138. The Morgan fingerprint density at radius 1 is 0.942 bits per heavy atom. The Morgan fingerprint density at radius 2 is 1.65 bits per heavy atom. The second-order valence-corrected chi connectivity index (χ2v) is 19.0. The van der Waals surface area contributed by atoms with Crippen LogP contribution in [0.4, 0.5) is 5.82 Å². The van der Waals surface area contributed by atoms with Crippen LogP contribution in [-0.4, -0.2) is 130 Å². The first-order valence-electron chi connectivity index (χ1n) is 25.9. The van der Waals surface area contributed by atoms with Crippen molar-refractivity contribution in [2.45, 2.75) is 125 Å². The van der Waals surface area contributed by atoms with Gasteiger partial charge in [-0.2, -0.15) is 0 Å². The number of nitrogen functional groups attached to an aromatic ring is 1. The van der Waals surface area contributed by atoms with Crippen LogP contribution in [-0.2, 0) is 28.0 Å². The Kier molecular flexibility index (Phi) is 21.5. The number of aryl methyl sites for hydroxylation is 1. The molecule has 0 saturated carbocycles. The monoisotopic (exact) mass is 945 g/mol. The zero-order chi connectivity index (χ0) is 50.0. The molecule has 69 heavy (non-hydrogen) atoms. The molecule has 13 nitrogen and oxygen atoms in total. The first-order chi connectivity index (χ1) is 33.3. The summed E-state index contributed by atoms with van der Waals surface area (Å²) in [6, 6.07) is 11.5. The molecule has 3 amide bonds. The van der Waals surface area contributed by atoms with E-state index in [4.69, 9.17) is 5.73 Å². The second-order valence-electron chi connectivity index (χ2n) is 19.0. The van der Waals surface area contributed by atoms with Crippen molar-refractivity contribution in [2.24, 2.45) is 23.9 Å². The van der Waals surface area contributed by atoms with Gasteiger partial charge in [-0.3, -0.25) is 49.2 Å². The van der Waals surface area contributed by atoms with Crippen molar-refractivity contribution in [1.82, 2.24) is 39.7 Å². The van der Waals surface area contributed by atoms with Crippen molar-refractivity contribution in [1.29, 1.82) is 0 Å². The summed E-state index contributed by atoms with van der Waals surface area (Å²) in [4.78, 5) is 52.8. The van der Waals surface area contributed by atoms with E-state index in [0.717, 1.165) is 120 Å². The van der Waals surface area contributed by atoms with Crippen molar-refractivity contribution in [2.75, 3.05) is 65.1 Å². The average Bonchev–Trinajstić information content (AvgIpc) is 3.37. The van der Waals surface area contributed by atoms with E-state index < -0.39 is 0 Å². The number of hydrogen-bond acceptors (Lipinski definition) is 9. The molecular weight excluding hydrogens is 861 g/mol. The number of pyridine rings is 1. The van der Waals surface area contributed by atoms with Gasteiger partial charge in [-0.25, -0.2) is 4.98 Å². The lowest BCUT2D eigenvalue weighted by molar-refractivity contribution is -0.133. The molecule has 3 aromatic rings. The number of likely N-dealkylation sites (tertiary alicyclic amines) is 2. The minimum atomic E-state index is -0.138. The highest BCUT2D eigenvalue weighted by Gasteiger charge is 2.31. The third-order valence-electron chi connectivity index (χ3n) is 14.4. The van der Waals surface area contributed by atoms with Crippen LogP contribution in [0.15, 0.2) is 94.7 Å². The lowest BCUT2D eigenvalue weighted by atomic mass is 9.82. The van der Waals surface area contributed by atoms with Crippen LogP contribution in [0.2, 0.25) is 0 Å². The minimum Gasteiger partial charge on any atom is -0.384 e. The van der Waals surface area contributed by atoms with Gasteiger partial charge in [-0.1, -0.05) is 69.7 Å². The van der Waals surface area contributed by atoms with Crippen LogP contribution in [0.1, 0.15) is 117 Å². The molecule has 4 N–H and O–H groups in total. The van der Waals surface area contributed by atoms with Crippen molar-refractivity contribution in [3.8, 4) is 0 Å². The lowest BCUT2D eigenvalue weighted by Gasteiger charge is -2.43. The third-order valence-corrected chi connectivity index (χ3v) is 14.4. The number of nitrogens with one attached hydrogen (secondary N) is 2. The molecule has 8 rings (SSSR count). The van der Waals surface area contributed by atoms with E-state index >= 15 is 0 Å². The summed E-state index contributed by atoms with van der Waals surface area (Å²) >= 11 is 0. The molecule has 0 radical (unpaired) electrons. The first kappa shape index (κ1) is 54.6. The summed E-state index contributed by atoms with van der Waals surface area (Å²) < 4.78 is 2.09. The number of anilines is 1. The summed E-state index contributed by atoms with van der Waals surface area (Å²) in [6.45, 7) is 28.7.